The van der Waals surface area contributed by atoms with Crippen molar-refractivity contribution >= 4 is 29.7 Å². The highest BCUT2D eigenvalue weighted by Gasteiger charge is 2.34. The van der Waals surface area contributed by atoms with Gasteiger partial charge in [-0.2, -0.15) is 0 Å². The highest BCUT2D eigenvalue weighted by atomic mass is 16.4. The molecule has 0 aliphatic carbocycles. The molecule has 0 spiro atoms. The summed E-state index contributed by atoms with van der Waals surface area (Å²) in [5.41, 5.74) is 16.5. The Morgan fingerprint density at radius 1 is 0.882 bits per heavy atom. The molecule has 0 rings (SSSR count). The predicted octanol–water partition coefficient (Wildman–Crippen LogP) is -2.01. The van der Waals surface area contributed by atoms with E-state index in [1.165, 1.54) is 6.92 Å². The fourth-order valence-electron chi connectivity index (χ4n) is 3.02. The number of aliphatic hydroxyl groups excluding tert-OH is 1. The number of nitrogens with zero attached hydrogens (tertiary/aromatic N) is 1. The summed E-state index contributed by atoms with van der Waals surface area (Å²) in [5, 5.41) is 26.3. The smallest absolute Gasteiger partial charge is 0.328 e. The number of guanidine groups is 1. The second-order valence-electron chi connectivity index (χ2n) is 8.72. The number of nitrogens with two attached hydrogens (primary N) is 3. The first-order chi connectivity index (χ1) is 15.7. The van der Waals surface area contributed by atoms with Gasteiger partial charge in [0.2, 0.25) is 17.7 Å². The van der Waals surface area contributed by atoms with Gasteiger partial charge in [-0.15, -0.1) is 0 Å². The Morgan fingerprint density at radius 3 is 1.82 bits per heavy atom. The molecule has 0 fully saturated rings. The van der Waals surface area contributed by atoms with Crippen molar-refractivity contribution in [2.75, 3.05) is 6.54 Å². The fourth-order valence-corrected chi connectivity index (χ4v) is 3.02. The Bertz CT molecular complexity index is 724. The topological polar surface area (TPSA) is 235 Å². The highest BCUT2D eigenvalue weighted by molar-refractivity contribution is 5.94. The Labute approximate surface area is 200 Å². The van der Waals surface area contributed by atoms with E-state index in [2.05, 4.69) is 20.9 Å². The number of carboxylic acids is 1. The van der Waals surface area contributed by atoms with Crippen molar-refractivity contribution in [3.63, 3.8) is 0 Å². The molecule has 0 aromatic heterocycles. The minimum absolute atomic E-state index is 0.0570. The minimum atomic E-state index is -1.53. The van der Waals surface area contributed by atoms with Crippen LogP contribution in [0.25, 0.3) is 0 Å². The molecule has 0 aromatic carbocycles. The van der Waals surface area contributed by atoms with Crippen molar-refractivity contribution in [3.05, 3.63) is 0 Å². The quantitative estimate of drug-likeness (QED) is 0.0722. The number of carbonyl (C=O) groups is 4. The second kappa shape index (κ2) is 15.1. The van der Waals surface area contributed by atoms with E-state index in [0.29, 0.717) is 25.8 Å². The van der Waals surface area contributed by atoms with Crippen LogP contribution in [0.4, 0.5) is 0 Å². The molecule has 0 saturated carbocycles. The van der Waals surface area contributed by atoms with E-state index in [4.69, 9.17) is 17.2 Å². The van der Waals surface area contributed by atoms with Gasteiger partial charge in [-0.1, -0.05) is 34.1 Å². The van der Waals surface area contributed by atoms with Gasteiger partial charge in [0.1, 0.15) is 12.1 Å². The van der Waals surface area contributed by atoms with Crippen LogP contribution in [0.2, 0.25) is 0 Å². The number of carboxylic acid groups (broad SMARTS) is 1. The summed E-state index contributed by atoms with van der Waals surface area (Å²) in [6, 6.07) is -4.49. The van der Waals surface area contributed by atoms with Crippen molar-refractivity contribution < 1.29 is 29.4 Å². The average molecular weight is 488 g/mol. The van der Waals surface area contributed by atoms with Crippen LogP contribution in [0.3, 0.4) is 0 Å². The fraction of sp³-hybridized carbons (Fsp3) is 0.762. The SMILES string of the molecule is CCC(C)C(NC(=O)C(N)CCCN=C(N)N)C(=O)NC(C(=O)NC(C(=O)O)C(C)O)C(C)C. The van der Waals surface area contributed by atoms with Crippen LogP contribution in [0.5, 0.6) is 0 Å². The molecular formula is C21H41N7O6. The monoisotopic (exact) mass is 487 g/mol. The highest BCUT2D eigenvalue weighted by Crippen LogP contribution is 2.11. The number of aliphatic hydroxyl groups is 1. The second-order valence-corrected chi connectivity index (χ2v) is 8.72. The molecule has 0 aliphatic rings. The largest absolute Gasteiger partial charge is 0.480 e. The van der Waals surface area contributed by atoms with Crippen molar-refractivity contribution in [3.8, 4) is 0 Å². The van der Waals surface area contributed by atoms with Gasteiger partial charge in [0, 0.05) is 6.54 Å². The van der Waals surface area contributed by atoms with E-state index in [-0.39, 0.29) is 11.9 Å². The standard InChI is InChI=1S/C21H41N7O6/c1-6-11(4)15(27-17(30)13(22)8-7-9-25-21(23)24)19(32)26-14(10(2)3)18(31)28-16(12(5)29)20(33)34/h10-16,29H,6-9,22H2,1-5H3,(H,26,32)(H,27,30)(H,28,31)(H,33,34)(H4,23,24,25). The third-order valence-electron chi connectivity index (χ3n) is 5.39. The molecule has 11 N–H and O–H groups in total. The zero-order valence-corrected chi connectivity index (χ0v) is 20.6. The lowest BCUT2D eigenvalue weighted by Crippen LogP contribution is -2.60. The molecular weight excluding hydrogens is 446 g/mol. The summed E-state index contributed by atoms with van der Waals surface area (Å²) in [5.74, 6) is -4.04. The number of aliphatic imine (C=N–C) groups is 1. The maximum absolute atomic E-state index is 13.1. The van der Waals surface area contributed by atoms with Crippen LogP contribution in [-0.4, -0.2) is 76.7 Å². The normalized spacial score (nSPS) is 16.4. The number of amides is 3. The van der Waals surface area contributed by atoms with E-state index in [0.717, 1.165) is 0 Å². The van der Waals surface area contributed by atoms with Crippen molar-refractivity contribution in [1.82, 2.24) is 16.0 Å². The van der Waals surface area contributed by atoms with E-state index < -0.39 is 59.9 Å². The third kappa shape index (κ3) is 10.8. The summed E-state index contributed by atoms with van der Waals surface area (Å²) in [4.78, 5) is 53.4. The Balaban J connectivity index is 5.36. The van der Waals surface area contributed by atoms with E-state index in [9.17, 15) is 29.4 Å². The van der Waals surface area contributed by atoms with Gasteiger partial charge < -0.3 is 43.4 Å². The Hall–Kier alpha value is -2.93. The molecule has 6 atom stereocenters. The van der Waals surface area contributed by atoms with Crippen molar-refractivity contribution in [1.29, 1.82) is 0 Å². The van der Waals surface area contributed by atoms with Gasteiger partial charge in [0.25, 0.3) is 0 Å². The van der Waals surface area contributed by atoms with E-state index in [1.807, 2.05) is 6.92 Å². The molecule has 0 saturated heterocycles. The number of hydrogen-bond acceptors (Lipinski definition) is 7. The van der Waals surface area contributed by atoms with Crippen molar-refractivity contribution in [2.45, 2.75) is 84.2 Å². The van der Waals surface area contributed by atoms with Gasteiger partial charge in [0.15, 0.2) is 12.0 Å². The molecule has 0 radical (unpaired) electrons. The molecule has 3 amide bonds. The molecule has 13 heteroatoms. The lowest BCUT2D eigenvalue weighted by molar-refractivity contribution is -0.145. The number of aliphatic carboxylic acids is 1. The maximum atomic E-state index is 13.1. The third-order valence-corrected chi connectivity index (χ3v) is 5.39. The van der Waals surface area contributed by atoms with Crippen LogP contribution in [0.15, 0.2) is 4.99 Å². The summed E-state index contributed by atoms with van der Waals surface area (Å²) in [6.45, 7) is 8.51. The first kappa shape index (κ1) is 31.1. The van der Waals surface area contributed by atoms with Crippen molar-refractivity contribution in [2.24, 2.45) is 34.0 Å². The number of rotatable bonds is 15. The summed E-state index contributed by atoms with van der Waals surface area (Å²) < 4.78 is 0. The van der Waals surface area contributed by atoms with Crippen LogP contribution in [0, 0.1) is 11.8 Å². The number of nitrogens with one attached hydrogen (secondary N) is 3. The molecule has 34 heavy (non-hydrogen) atoms. The average Bonchev–Trinajstić information content (AvgIpc) is 2.74. The molecule has 13 nitrogen and oxygen atoms in total. The minimum Gasteiger partial charge on any atom is -0.480 e. The molecule has 0 aromatic rings. The maximum Gasteiger partial charge on any atom is 0.328 e. The van der Waals surface area contributed by atoms with E-state index >= 15 is 0 Å². The molecule has 0 bridgehead atoms. The zero-order valence-electron chi connectivity index (χ0n) is 20.6. The molecule has 196 valence electrons. The first-order valence-electron chi connectivity index (χ1n) is 11.4. The Morgan fingerprint density at radius 2 is 1.38 bits per heavy atom. The lowest BCUT2D eigenvalue weighted by Gasteiger charge is -2.29. The molecule has 0 heterocycles. The van der Waals surface area contributed by atoms with Crippen LogP contribution in [0.1, 0.15) is 53.9 Å². The first-order valence-corrected chi connectivity index (χ1v) is 11.4. The molecule has 6 unspecified atom stereocenters. The summed E-state index contributed by atoms with van der Waals surface area (Å²) >= 11 is 0. The van der Waals surface area contributed by atoms with Gasteiger partial charge in [0.05, 0.1) is 12.1 Å². The van der Waals surface area contributed by atoms with Gasteiger partial charge in [-0.3, -0.25) is 19.4 Å². The number of carbonyl (C=O) groups excluding carboxylic acids is 3. The van der Waals surface area contributed by atoms with Gasteiger partial charge >= 0.3 is 5.97 Å². The van der Waals surface area contributed by atoms with Crippen LogP contribution < -0.4 is 33.2 Å². The van der Waals surface area contributed by atoms with Crippen LogP contribution in [-0.2, 0) is 19.2 Å². The molecule has 0 aliphatic heterocycles. The number of hydrogen-bond donors (Lipinski definition) is 8. The van der Waals surface area contributed by atoms with E-state index in [1.54, 1.807) is 20.8 Å². The lowest BCUT2D eigenvalue weighted by atomic mass is 9.95. The summed E-state index contributed by atoms with van der Waals surface area (Å²) in [7, 11) is 0. The van der Waals surface area contributed by atoms with Gasteiger partial charge in [-0.25, -0.2) is 4.79 Å². The van der Waals surface area contributed by atoms with Crippen LogP contribution >= 0.6 is 0 Å². The zero-order chi connectivity index (χ0) is 26.6. The summed E-state index contributed by atoms with van der Waals surface area (Å²) in [6.07, 6.45) is -0.0222. The predicted molar refractivity (Wildman–Crippen MR) is 127 cm³/mol. The van der Waals surface area contributed by atoms with Gasteiger partial charge in [-0.05, 0) is 31.6 Å². The Kier molecular flexibility index (Phi) is 13.8.